The Kier molecular flexibility index (Phi) is 3.91. The number of hydrogen-bond acceptors (Lipinski definition) is 3. The lowest BCUT2D eigenvalue weighted by atomic mass is 9.77. The second-order valence-corrected chi connectivity index (χ2v) is 6.91. The smallest absolute Gasteiger partial charge is 0.118 e. The lowest BCUT2D eigenvalue weighted by Gasteiger charge is -2.39. The molecule has 1 saturated heterocycles. The summed E-state index contributed by atoms with van der Waals surface area (Å²) in [5, 5.41) is 9.58. The summed E-state index contributed by atoms with van der Waals surface area (Å²) in [4.78, 5) is 2.46. The maximum Gasteiger partial charge on any atom is 0.118 e. The van der Waals surface area contributed by atoms with Crippen molar-refractivity contribution < 1.29 is 9.52 Å². The van der Waals surface area contributed by atoms with Crippen LogP contribution in [-0.2, 0) is 6.54 Å². The monoisotopic (exact) mass is 277 g/mol. The Balaban J connectivity index is 1.53. The van der Waals surface area contributed by atoms with Gasteiger partial charge in [0.25, 0.3) is 0 Å². The van der Waals surface area contributed by atoms with Gasteiger partial charge in [0.05, 0.1) is 6.54 Å². The van der Waals surface area contributed by atoms with Gasteiger partial charge in [-0.05, 0) is 62.2 Å². The fourth-order valence-electron chi connectivity index (χ4n) is 3.43. The predicted molar refractivity (Wildman–Crippen MR) is 79.6 cm³/mol. The summed E-state index contributed by atoms with van der Waals surface area (Å²) in [6.07, 6.45) is 4.58. The van der Waals surface area contributed by atoms with Gasteiger partial charge in [-0.1, -0.05) is 13.8 Å². The largest absolute Gasteiger partial charge is 0.464 e. The minimum Gasteiger partial charge on any atom is -0.464 e. The number of aliphatic hydroxyl groups excluding tert-OH is 1. The van der Waals surface area contributed by atoms with Crippen LogP contribution in [0, 0.1) is 11.3 Å². The molecule has 3 nitrogen and oxygen atoms in total. The molecule has 1 aliphatic carbocycles. The molecule has 0 bridgehead atoms. The highest BCUT2D eigenvalue weighted by atomic mass is 16.3. The van der Waals surface area contributed by atoms with E-state index in [1.807, 2.05) is 0 Å². The minimum atomic E-state index is 0.175. The highest BCUT2D eigenvalue weighted by molar-refractivity contribution is 5.17. The number of furan rings is 1. The van der Waals surface area contributed by atoms with Crippen molar-refractivity contribution in [3.63, 3.8) is 0 Å². The number of aliphatic hydroxyl groups is 1. The van der Waals surface area contributed by atoms with Crippen LogP contribution in [0.2, 0.25) is 0 Å². The minimum absolute atomic E-state index is 0.175. The van der Waals surface area contributed by atoms with Crippen LogP contribution in [-0.4, -0.2) is 29.7 Å². The van der Waals surface area contributed by atoms with Crippen LogP contribution in [0.1, 0.15) is 57.0 Å². The molecule has 2 aliphatic rings. The molecule has 2 unspecified atom stereocenters. The van der Waals surface area contributed by atoms with Gasteiger partial charge in [0, 0.05) is 12.5 Å². The summed E-state index contributed by atoms with van der Waals surface area (Å²) in [7, 11) is 0. The second-order valence-electron chi connectivity index (χ2n) is 6.91. The average molecular weight is 277 g/mol. The van der Waals surface area contributed by atoms with E-state index in [1.54, 1.807) is 0 Å². The van der Waals surface area contributed by atoms with Gasteiger partial charge < -0.3 is 9.52 Å². The van der Waals surface area contributed by atoms with Crippen molar-refractivity contribution in [3.05, 3.63) is 23.7 Å². The first-order chi connectivity index (χ1) is 9.65. The molecule has 1 aromatic rings. The zero-order valence-corrected chi connectivity index (χ0v) is 12.8. The SMILES string of the molecule is CCC1(CO)CCN(Cc2ccc(C3CC3C)o2)CC1. The first-order valence-electron chi connectivity index (χ1n) is 8.07. The van der Waals surface area contributed by atoms with E-state index in [2.05, 4.69) is 30.9 Å². The fourth-order valence-corrected chi connectivity index (χ4v) is 3.43. The molecule has 2 fully saturated rings. The lowest BCUT2D eigenvalue weighted by Crippen LogP contribution is -2.41. The highest BCUT2D eigenvalue weighted by Gasteiger charge is 2.37. The number of nitrogens with zero attached hydrogens (tertiary/aromatic N) is 1. The number of hydrogen-bond donors (Lipinski definition) is 1. The van der Waals surface area contributed by atoms with E-state index in [9.17, 15) is 5.11 Å². The highest BCUT2D eigenvalue weighted by Crippen LogP contribution is 2.47. The molecule has 0 aromatic carbocycles. The van der Waals surface area contributed by atoms with Crippen LogP contribution in [0.3, 0.4) is 0 Å². The molecule has 3 rings (SSSR count). The topological polar surface area (TPSA) is 36.6 Å². The number of piperidine rings is 1. The molecule has 3 heteroatoms. The Labute approximate surface area is 122 Å². The van der Waals surface area contributed by atoms with Crippen molar-refractivity contribution in [1.82, 2.24) is 4.90 Å². The molecule has 2 atom stereocenters. The van der Waals surface area contributed by atoms with Crippen LogP contribution < -0.4 is 0 Å². The van der Waals surface area contributed by atoms with Crippen molar-refractivity contribution in [3.8, 4) is 0 Å². The van der Waals surface area contributed by atoms with Crippen LogP contribution in [0.25, 0.3) is 0 Å². The zero-order chi connectivity index (χ0) is 14.2. The van der Waals surface area contributed by atoms with Gasteiger partial charge in [-0.3, -0.25) is 4.90 Å². The molecule has 1 aromatic heterocycles. The molecule has 1 aliphatic heterocycles. The van der Waals surface area contributed by atoms with Crippen molar-refractivity contribution in [2.24, 2.45) is 11.3 Å². The Hall–Kier alpha value is -0.800. The van der Waals surface area contributed by atoms with Crippen molar-refractivity contribution >= 4 is 0 Å². The molecular formula is C17H27NO2. The Morgan fingerprint density at radius 3 is 2.60 bits per heavy atom. The van der Waals surface area contributed by atoms with Gasteiger partial charge in [0.2, 0.25) is 0 Å². The molecule has 0 radical (unpaired) electrons. The summed E-state index contributed by atoms with van der Waals surface area (Å²) in [5.41, 5.74) is 0.175. The van der Waals surface area contributed by atoms with Crippen LogP contribution in [0.5, 0.6) is 0 Å². The first-order valence-corrected chi connectivity index (χ1v) is 8.07. The first kappa shape index (κ1) is 14.2. The molecule has 1 N–H and O–H groups in total. The van der Waals surface area contributed by atoms with Gasteiger partial charge in [-0.15, -0.1) is 0 Å². The summed E-state index contributed by atoms with van der Waals surface area (Å²) in [6.45, 7) is 7.89. The number of rotatable bonds is 5. The molecule has 0 spiro atoms. The predicted octanol–water partition coefficient (Wildman–Crippen LogP) is 3.39. The molecule has 112 valence electrons. The molecule has 2 heterocycles. The number of likely N-dealkylation sites (tertiary alicyclic amines) is 1. The lowest BCUT2D eigenvalue weighted by molar-refractivity contribution is 0.0359. The van der Waals surface area contributed by atoms with E-state index in [0.717, 1.165) is 50.6 Å². The van der Waals surface area contributed by atoms with Gasteiger partial charge in [0.15, 0.2) is 0 Å². The van der Waals surface area contributed by atoms with E-state index >= 15 is 0 Å². The Bertz CT molecular complexity index is 440. The summed E-state index contributed by atoms with van der Waals surface area (Å²) < 4.78 is 5.99. The van der Waals surface area contributed by atoms with E-state index < -0.39 is 0 Å². The van der Waals surface area contributed by atoms with E-state index in [4.69, 9.17) is 4.42 Å². The summed E-state index contributed by atoms with van der Waals surface area (Å²) in [5.74, 6) is 3.76. The van der Waals surface area contributed by atoms with E-state index in [1.165, 1.54) is 12.2 Å². The van der Waals surface area contributed by atoms with Crippen LogP contribution in [0.4, 0.5) is 0 Å². The third-order valence-corrected chi connectivity index (χ3v) is 5.54. The van der Waals surface area contributed by atoms with Crippen LogP contribution >= 0.6 is 0 Å². The Morgan fingerprint density at radius 1 is 1.35 bits per heavy atom. The summed E-state index contributed by atoms with van der Waals surface area (Å²) in [6, 6.07) is 4.31. The van der Waals surface area contributed by atoms with E-state index in [0.29, 0.717) is 12.5 Å². The molecule has 20 heavy (non-hydrogen) atoms. The standard InChI is InChI=1S/C17H27NO2/c1-3-17(12-19)6-8-18(9-7-17)11-14-4-5-16(20-14)15-10-13(15)2/h4-5,13,15,19H,3,6-12H2,1-2H3. The quantitative estimate of drug-likeness (QED) is 0.896. The molecular weight excluding hydrogens is 250 g/mol. The third-order valence-electron chi connectivity index (χ3n) is 5.54. The maximum atomic E-state index is 9.58. The second kappa shape index (κ2) is 5.53. The Morgan fingerprint density at radius 2 is 2.05 bits per heavy atom. The summed E-state index contributed by atoms with van der Waals surface area (Å²) >= 11 is 0. The van der Waals surface area contributed by atoms with Gasteiger partial charge >= 0.3 is 0 Å². The van der Waals surface area contributed by atoms with Crippen molar-refractivity contribution in [1.29, 1.82) is 0 Å². The zero-order valence-electron chi connectivity index (χ0n) is 12.8. The average Bonchev–Trinajstić information content (AvgIpc) is 3.03. The third kappa shape index (κ3) is 2.79. The fraction of sp³-hybridized carbons (Fsp3) is 0.765. The van der Waals surface area contributed by atoms with Crippen molar-refractivity contribution in [2.45, 2.75) is 52.0 Å². The molecule has 0 amide bonds. The van der Waals surface area contributed by atoms with Gasteiger partial charge in [-0.2, -0.15) is 0 Å². The maximum absolute atomic E-state index is 9.58. The van der Waals surface area contributed by atoms with Crippen molar-refractivity contribution in [2.75, 3.05) is 19.7 Å². The van der Waals surface area contributed by atoms with E-state index in [-0.39, 0.29) is 5.41 Å². The van der Waals surface area contributed by atoms with Crippen LogP contribution in [0.15, 0.2) is 16.5 Å². The van der Waals surface area contributed by atoms with Gasteiger partial charge in [0.1, 0.15) is 11.5 Å². The normalized spacial score (nSPS) is 29.6. The molecule has 1 saturated carbocycles. The van der Waals surface area contributed by atoms with Gasteiger partial charge in [-0.25, -0.2) is 0 Å².